The van der Waals surface area contributed by atoms with Crippen LogP contribution < -0.4 is 4.72 Å². The Labute approximate surface area is 222 Å². The molecule has 0 radical (unpaired) electrons. The van der Waals surface area contributed by atoms with Crippen LogP contribution >= 0.6 is 11.6 Å². The molecular weight excluding hydrogens is 545 g/mol. The highest BCUT2D eigenvalue weighted by atomic mass is 35.5. The maximum Gasteiger partial charge on any atom is 0.417 e. The number of benzene rings is 3. The largest absolute Gasteiger partial charge is 0.446 e. The molecule has 1 aliphatic rings. The summed E-state index contributed by atoms with van der Waals surface area (Å²) in [5.41, 5.74) is 0.448. The molecule has 1 heterocycles. The predicted octanol–water partition coefficient (Wildman–Crippen LogP) is 5.36. The quantitative estimate of drug-likeness (QED) is 0.389. The Morgan fingerprint density at radius 1 is 1.03 bits per heavy atom. The SMILES string of the molecule is Cc1ccc(S(=O)(=O)N[C@@H](C(=O)N2C(=O)OC[C@@H]2c2ccccc2)[C@H](Cl)c2ccc(C(F)(F)F)cc2)cc1. The monoisotopic (exact) mass is 566 g/mol. The zero-order chi connectivity index (χ0) is 27.7. The second kappa shape index (κ2) is 10.8. The molecule has 38 heavy (non-hydrogen) atoms. The van der Waals surface area contributed by atoms with Gasteiger partial charge in [0.15, 0.2) is 0 Å². The Hall–Kier alpha value is -3.41. The molecule has 0 aliphatic carbocycles. The number of alkyl halides is 4. The number of cyclic esters (lactones) is 1. The fraction of sp³-hybridized carbons (Fsp3) is 0.231. The first-order valence-corrected chi connectivity index (χ1v) is 13.3. The molecule has 1 saturated heterocycles. The summed E-state index contributed by atoms with van der Waals surface area (Å²) in [5.74, 6) is -1.02. The Morgan fingerprint density at radius 3 is 2.21 bits per heavy atom. The minimum absolute atomic E-state index is 0.0356. The van der Waals surface area contributed by atoms with Gasteiger partial charge in [-0.1, -0.05) is 60.2 Å². The normalized spacial score (nSPS) is 17.7. The molecule has 0 aromatic heterocycles. The number of hydrogen-bond acceptors (Lipinski definition) is 5. The lowest BCUT2D eigenvalue weighted by Gasteiger charge is -2.28. The number of sulfonamides is 1. The molecule has 3 atom stereocenters. The summed E-state index contributed by atoms with van der Waals surface area (Å²) >= 11 is 6.56. The van der Waals surface area contributed by atoms with Crippen molar-refractivity contribution < 1.29 is 35.9 Å². The van der Waals surface area contributed by atoms with Crippen molar-refractivity contribution in [3.8, 4) is 0 Å². The van der Waals surface area contributed by atoms with Crippen LogP contribution in [0.15, 0.2) is 83.8 Å². The zero-order valence-electron chi connectivity index (χ0n) is 19.9. The van der Waals surface area contributed by atoms with Crippen molar-refractivity contribution >= 4 is 33.6 Å². The Kier molecular flexibility index (Phi) is 7.82. The van der Waals surface area contributed by atoms with Crippen molar-refractivity contribution in [1.29, 1.82) is 0 Å². The number of amides is 2. The fourth-order valence-corrected chi connectivity index (χ4v) is 5.56. The van der Waals surface area contributed by atoms with Crippen LogP contribution in [-0.4, -0.2) is 38.0 Å². The second-order valence-electron chi connectivity index (χ2n) is 8.65. The molecule has 3 aromatic carbocycles. The van der Waals surface area contributed by atoms with Crippen LogP contribution in [0.4, 0.5) is 18.0 Å². The number of carbonyl (C=O) groups is 2. The number of halogens is 4. The minimum atomic E-state index is -4.61. The first-order valence-electron chi connectivity index (χ1n) is 11.3. The van der Waals surface area contributed by atoms with Crippen LogP contribution in [0.2, 0.25) is 0 Å². The molecule has 0 saturated carbocycles. The number of aryl methyl sites for hydroxylation is 1. The highest BCUT2D eigenvalue weighted by Gasteiger charge is 2.45. The highest BCUT2D eigenvalue weighted by Crippen LogP contribution is 2.35. The predicted molar refractivity (Wildman–Crippen MR) is 133 cm³/mol. The van der Waals surface area contributed by atoms with E-state index in [2.05, 4.69) is 4.72 Å². The van der Waals surface area contributed by atoms with Crippen LogP contribution in [0.25, 0.3) is 0 Å². The Bertz CT molecular complexity index is 1420. The third kappa shape index (κ3) is 5.85. The second-order valence-corrected chi connectivity index (χ2v) is 10.8. The average molecular weight is 567 g/mol. The van der Waals surface area contributed by atoms with E-state index in [0.29, 0.717) is 5.56 Å². The maximum atomic E-state index is 13.8. The van der Waals surface area contributed by atoms with E-state index < -0.39 is 51.2 Å². The van der Waals surface area contributed by atoms with Gasteiger partial charge in [-0.05, 0) is 42.3 Å². The van der Waals surface area contributed by atoms with E-state index >= 15 is 0 Å². The van der Waals surface area contributed by atoms with Gasteiger partial charge in [-0.25, -0.2) is 18.1 Å². The lowest BCUT2D eigenvalue weighted by molar-refractivity contribution is -0.137. The lowest BCUT2D eigenvalue weighted by atomic mass is 10.0. The molecule has 1 aliphatic heterocycles. The summed E-state index contributed by atoms with van der Waals surface area (Å²) in [6.07, 6.45) is -5.61. The van der Waals surface area contributed by atoms with E-state index in [1.54, 1.807) is 49.4 Å². The van der Waals surface area contributed by atoms with Crippen molar-refractivity contribution in [2.75, 3.05) is 6.61 Å². The Morgan fingerprint density at radius 2 is 1.63 bits per heavy atom. The van der Waals surface area contributed by atoms with E-state index in [1.165, 1.54) is 12.1 Å². The van der Waals surface area contributed by atoms with E-state index in [4.69, 9.17) is 16.3 Å². The van der Waals surface area contributed by atoms with Crippen LogP contribution in [0, 0.1) is 6.92 Å². The van der Waals surface area contributed by atoms with E-state index in [0.717, 1.165) is 34.7 Å². The molecule has 200 valence electrons. The third-order valence-electron chi connectivity index (χ3n) is 6.02. The van der Waals surface area contributed by atoms with Gasteiger partial charge in [0, 0.05) is 0 Å². The molecule has 2 amide bonds. The lowest BCUT2D eigenvalue weighted by Crippen LogP contribution is -2.51. The first-order chi connectivity index (χ1) is 17.9. The van der Waals surface area contributed by atoms with E-state index in [1.807, 2.05) is 0 Å². The van der Waals surface area contributed by atoms with E-state index in [9.17, 15) is 31.2 Å². The third-order valence-corrected chi connectivity index (χ3v) is 7.98. The molecule has 3 aromatic rings. The van der Waals surface area contributed by atoms with E-state index in [-0.39, 0.29) is 17.1 Å². The topological polar surface area (TPSA) is 92.8 Å². The molecule has 0 unspecified atom stereocenters. The summed E-state index contributed by atoms with van der Waals surface area (Å²) in [4.78, 5) is 27.0. The van der Waals surface area contributed by atoms with Gasteiger partial charge in [0.05, 0.1) is 15.8 Å². The van der Waals surface area contributed by atoms with Crippen molar-refractivity contribution in [1.82, 2.24) is 9.62 Å². The van der Waals surface area contributed by atoms with Gasteiger partial charge in [-0.3, -0.25) is 4.79 Å². The smallest absolute Gasteiger partial charge is 0.417 e. The molecular formula is C26H22ClF3N2O5S. The van der Waals surface area contributed by atoms with Gasteiger partial charge in [-0.15, -0.1) is 11.6 Å². The highest BCUT2D eigenvalue weighted by molar-refractivity contribution is 7.89. The zero-order valence-corrected chi connectivity index (χ0v) is 21.4. The van der Waals surface area contributed by atoms with Gasteiger partial charge in [0.1, 0.15) is 18.7 Å². The van der Waals surface area contributed by atoms with Gasteiger partial charge in [0.2, 0.25) is 10.0 Å². The van der Waals surface area contributed by atoms with Gasteiger partial charge >= 0.3 is 12.3 Å². The minimum Gasteiger partial charge on any atom is -0.446 e. The number of rotatable bonds is 7. The molecule has 1 N–H and O–H groups in total. The van der Waals surface area contributed by atoms with Crippen LogP contribution in [0.1, 0.15) is 33.7 Å². The van der Waals surface area contributed by atoms with Crippen molar-refractivity contribution in [2.24, 2.45) is 0 Å². The van der Waals surface area contributed by atoms with Crippen LogP contribution in [-0.2, 0) is 25.7 Å². The number of nitrogens with zero attached hydrogens (tertiary/aromatic N) is 1. The maximum absolute atomic E-state index is 13.8. The summed E-state index contributed by atoms with van der Waals surface area (Å²) in [6.45, 7) is 1.59. The number of ether oxygens (including phenoxy) is 1. The number of hydrogen-bond donors (Lipinski definition) is 1. The fourth-order valence-electron chi connectivity index (χ4n) is 3.97. The first kappa shape index (κ1) is 27.6. The van der Waals surface area contributed by atoms with Crippen LogP contribution in [0.5, 0.6) is 0 Å². The molecule has 12 heteroatoms. The summed E-state index contributed by atoms with van der Waals surface area (Å²) in [5, 5.41) is -1.48. The molecule has 1 fully saturated rings. The summed E-state index contributed by atoms with van der Waals surface area (Å²) < 4.78 is 73.0. The summed E-state index contributed by atoms with van der Waals surface area (Å²) in [6, 6.07) is 15.3. The molecule has 0 spiro atoms. The Balaban J connectivity index is 1.73. The number of imide groups is 1. The molecule has 7 nitrogen and oxygen atoms in total. The summed E-state index contributed by atoms with van der Waals surface area (Å²) in [7, 11) is -4.35. The number of carbonyl (C=O) groups excluding carboxylic acids is 2. The van der Waals surface area contributed by atoms with Crippen molar-refractivity contribution in [3.63, 3.8) is 0 Å². The van der Waals surface area contributed by atoms with Gasteiger partial charge in [0.25, 0.3) is 5.91 Å². The number of nitrogens with one attached hydrogen (secondary N) is 1. The van der Waals surface area contributed by atoms with Gasteiger partial charge in [-0.2, -0.15) is 17.9 Å². The average Bonchev–Trinajstić information content (AvgIpc) is 3.28. The van der Waals surface area contributed by atoms with Crippen molar-refractivity contribution in [2.45, 2.75) is 35.5 Å². The molecule has 4 rings (SSSR count). The van der Waals surface area contributed by atoms with Gasteiger partial charge < -0.3 is 4.74 Å². The van der Waals surface area contributed by atoms with Crippen LogP contribution in [0.3, 0.4) is 0 Å². The molecule has 0 bridgehead atoms. The van der Waals surface area contributed by atoms with Crippen molar-refractivity contribution in [3.05, 3.63) is 101 Å². The standard InChI is InChI=1S/C26H22ClF3N2O5S/c1-16-7-13-20(14-8-16)38(35,36)31-23(22(27)18-9-11-19(12-10-18)26(28,29)30)24(33)32-21(15-37-25(32)34)17-5-3-2-4-6-17/h2-14,21-23,31H,15H2,1H3/t21-,22-,23-/m1/s1.